The third kappa shape index (κ3) is 5.41. The van der Waals surface area contributed by atoms with E-state index in [0.717, 1.165) is 18.6 Å². The van der Waals surface area contributed by atoms with Crippen molar-refractivity contribution in [1.29, 1.82) is 0 Å². The number of likely N-dealkylation sites (tertiary alicyclic amines) is 1. The van der Waals surface area contributed by atoms with Gasteiger partial charge in [-0.05, 0) is 84.5 Å². The summed E-state index contributed by atoms with van der Waals surface area (Å²) >= 11 is 0. The fraction of sp³-hybridized carbons (Fsp3) is 1.00. The van der Waals surface area contributed by atoms with Crippen molar-refractivity contribution in [2.45, 2.75) is 64.5 Å². The molecule has 1 N–H and O–H groups in total. The van der Waals surface area contributed by atoms with E-state index in [4.69, 9.17) is 4.74 Å². The van der Waals surface area contributed by atoms with Crippen molar-refractivity contribution in [3.8, 4) is 0 Å². The number of hydrogen-bond acceptors (Lipinski definition) is 3. The van der Waals surface area contributed by atoms with Gasteiger partial charge < -0.3 is 15.0 Å². The summed E-state index contributed by atoms with van der Waals surface area (Å²) in [6.07, 6.45) is 8.53. The molecule has 2 rings (SSSR count). The molecule has 0 bridgehead atoms. The normalized spacial score (nSPS) is 24.2. The zero-order chi connectivity index (χ0) is 13.5. The Bertz CT molecular complexity index is 231. The van der Waals surface area contributed by atoms with Crippen molar-refractivity contribution in [2.24, 2.45) is 5.92 Å². The molecule has 0 aliphatic carbocycles. The molecule has 2 saturated heterocycles. The highest BCUT2D eigenvalue weighted by Gasteiger charge is 2.25. The zero-order valence-electron chi connectivity index (χ0n) is 12.9. The molecule has 2 aliphatic rings. The van der Waals surface area contributed by atoms with Crippen LogP contribution in [0.4, 0.5) is 0 Å². The number of piperidine rings is 2. The molecule has 3 heteroatoms. The third-order valence-electron chi connectivity index (χ3n) is 4.68. The Kier molecular flexibility index (Phi) is 6.62. The standard InChI is InChI=1S/C16H32N2O/c1-14(2)19-13-3-4-15-7-11-18(12-8-15)16-5-9-17-10-6-16/h14-17H,3-13H2,1-2H3. The Morgan fingerprint density at radius 3 is 2.42 bits per heavy atom. The van der Waals surface area contributed by atoms with Crippen LogP contribution in [0.3, 0.4) is 0 Å². The van der Waals surface area contributed by atoms with Crippen LogP contribution in [0.5, 0.6) is 0 Å². The average Bonchev–Trinajstić information content (AvgIpc) is 2.45. The maximum absolute atomic E-state index is 5.63. The molecule has 0 amide bonds. The van der Waals surface area contributed by atoms with Gasteiger partial charge in [-0.25, -0.2) is 0 Å². The number of nitrogens with one attached hydrogen (secondary N) is 1. The Labute approximate surface area is 119 Å². The topological polar surface area (TPSA) is 24.5 Å². The van der Waals surface area contributed by atoms with E-state index in [9.17, 15) is 0 Å². The highest BCUT2D eigenvalue weighted by atomic mass is 16.5. The minimum Gasteiger partial charge on any atom is -0.379 e. The third-order valence-corrected chi connectivity index (χ3v) is 4.68. The summed E-state index contributed by atoms with van der Waals surface area (Å²) in [5.74, 6) is 0.953. The number of rotatable bonds is 6. The van der Waals surface area contributed by atoms with Crippen molar-refractivity contribution >= 4 is 0 Å². The van der Waals surface area contributed by atoms with Crippen LogP contribution in [0.2, 0.25) is 0 Å². The van der Waals surface area contributed by atoms with Crippen LogP contribution in [0.1, 0.15) is 52.4 Å². The Morgan fingerprint density at radius 1 is 1.11 bits per heavy atom. The maximum atomic E-state index is 5.63. The van der Waals surface area contributed by atoms with Crippen molar-refractivity contribution in [3.63, 3.8) is 0 Å². The quantitative estimate of drug-likeness (QED) is 0.750. The Hall–Kier alpha value is -0.120. The van der Waals surface area contributed by atoms with Gasteiger partial charge in [0.1, 0.15) is 0 Å². The SMILES string of the molecule is CC(C)OCCCC1CCN(C2CCNCC2)CC1. The van der Waals surface area contributed by atoms with Gasteiger partial charge in [0.15, 0.2) is 0 Å². The summed E-state index contributed by atoms with van der Waals surface area (Å²) in [6.45, 7) is 10.3. The molecule has 0 atom stereocenters. The van der Waals surface area contributed by atoms with E-state index in [1.54, 1.807) is 0 Å². The molecule has 2 aliphatic heterocycles. The first-order valence-corrected chi connectivity index (χ1v) is 8.32. The molecule has 2 fully saturated rings. The van der Waals surface area contributed by atoms with E-state index < -0.39 is 0 Å². The minimum absolute atomic E-state index is 0.391. The van der Waals surface area contributed by atoms with Crippen LogP contribution in [-0.2, 0) is 4.74 Å². The van der Waals surface area contributed by atoms with Gasteiger partial charge in [0.2, 0.25) is 0 Å². The smallest absolute Gasteiger partial charge is 0.0518 e. The molecular weight excluding hydrogens is 236 g/mol. The molecule has 0 unspecified atom stereocenters. The van der Waals surface area contributed by atoms with Crippen LogP contribution in [0, 0.1) is 5.92 Å². The highest BCUT2D eigenvalue weighted by molar-refractivity contribution is 4.81. The maximum Gasteiger partial charge on any atom is 0.0518 e. The molecule has 3 nitrogen and oxygen atoms in total. The monoisotopic (exact) mass is 268 g/mol. The fourth-order valence-electron chi connectivity index (χ4n) is 3.47. The number of ether oxygens (including phenoxy) is 1. The molecule has 19 heavy (non-hydrogen) atoms. The lowest BCUT2D eigenvalue weighted by Crippen LogP contribution is -2.46. The molecule has 0 radical (unpaired) electrons. The molecule has 0 spiro atoms. The minimum atomic E-state index is 0.391. The summed E-state index contributed by atoms with van der Waals surface area (Å²) in [7, 11) is 0. The van der Waals surface area contributed by atoms with Crippen LogP contribution in [0.25, 0.3) is 0 Å². The highest BCUT2D eigenvalue weighted by Crippen LogP contribution is 2.25. The van der Waals surface area contributed by atoms with Gasteiger partial charge in [-0.3, -0.25) is 0 Å². The van der Waals surface area contributed by atoms with Crippen molar-refractivity contribution in [2.75, 3.05) is 32.8 Å². The van der Waals surface area contributed by atoms with Crippen LogP contribution < -0.4 is 5.32 Å². The lowest BCUT2D eigenvalue weighted by molar-refractivity contribution is 0.0667. The lowest BCUT2D eigenvalue weighted by atomic mass is 9.90. The van der Waals surface area contributed by atoms with E-state index in [1.807, 2.05) is 0 Å². The molecule has 0 saturated carbocycles. The van der Waals surface area contributed by atoms with Crippen molar-refractivity contribution in [1.82, 2.24) is 10.2 Å². The van der Waals surface area contributed by atoms with Gasteiger partial charge >= 0.3 is 0 Å². The number of hydrogen-bond donors (Lipinski definition) is 1. The largest absolute Gasteiger partial charge is 0.379 e. The molecular formula is C16H32N2O. The first kappa shape index (κ1) is 15.3. The zero-order valence-corrected chi connectivity index (χ0v) is 12.9. The first-order chi connectivity index (χ1) is 9.25. The van der Waals surface area contributed by atoms with E-state index in [0.29, 0.717) is 6.10 Å². The Morgan fingerprint density at radius 2 is 1.79 bits per heavy atom. The van der Waals surface area contributed by atoms with E-state index in [-0.39, 0.29) is 0 Å². The summed E-state index contributed by atoms with van der Waals surface area (Å²) < 4.78 is 5.63. The summed E-state index contributed by atoms with van der Waals surface area (Å²) in [5, 5.41) is 3.47. The molecule has 112 valence electrons. The van der Waals surface area contributed by atoms with Crippen LogP contribution in [0.15, 0.2) is 0 Å². The van der Waals surface area contributed by atoms with Gasteiger partial charge in [0, 0.05) is 12.6 Å². The fourth-order valence-corrected chi connectivity index (χ4v) is 3.47. The Balaban J connectivity index is 1.57. The van der Waals surface area contributed by atoms with Gasteiger partial charge in [-0.15, -0.1) is 0 Å². The molecule has 0 aromatic carbocycles. The second-order valence-corrected chi connectivity index (χ2v) is 6.52. The van der Waals surface area contributed by atoms with Gasteiger partial charge in [-0.2, -0.15) is 0 Å². The summed E-state index contributed by atoms with van der Waals surface area (Å²) in [6, 6.07) is 0.867. The van der Waals surface area contributed by atoms with E-state index >= 15 is 0 Å². The van der Waals surface area contributed by atoms with E-state index in [1.165, 1.54) is 64.7 Å². The molecule has 2 heterocycles. The average molecular weight is 268 g/mol. The second-order valence-electron chi connectivity index (χ2n) is 6.52. The predicted molar refractivity (Wildman–Crippen MR) is 80.5 cm³/mol. The summed E-state index contributed by atoms with van der Waals surface area (Å²) in [4.78, 5) is 2.75. The van der Waals surface area contributed by atoms with Crippen molar-refractivity contribution in [3.05, 3.63) is 0 Å². The van der Waals surface area contributed by atoms with E-state index in [2.05, 4.69) is 24.1 Å². The van der Waals surface area contributed by atoms with Crippen LogP contribution in [-0.4, -0.2) is 49.8 Å². The number of nitrogens with zero attached hydrogens (tertiary/aromatic N) is 1. The summed E-state index contributed by atoms with van der Waals surface area (Å²) in [5.41, 5.74) is 0. The second kappa shape index (κ2) is 8.23. The van der Waals surface area contributed by atoms with Gasteiger partial charge in [0.05, 0.1) is 6.10 Å². The molecule has 0 aromatic heterocycles. The van der Waals surface area contributed by atoms with Gasteiger partial charge in [0.25, 0.3) is 0 Å². The van der Waals surface area contributed by atoms with Gasteiger partial charge in [-0.1, -0.05) is 0 Å². The van der Waals surface area contributed by atoms with Crippen LogP contribution >= 0.6 is 0 Å². The lowest BCUT2D eigenvalue weighted by Gasteiger charge is -2.39. The van der Waals surface area contributed by atoms with Crippen molar-refractivity contribution < 1.29 is 4.74 Å². The predicted octanol–water partition coefficient (Wildman–Crippen LogP) is 2.66. The molecule has 0 aromatic rings. The first-order valence-electron chi connectivity index (χ1n) is 8.32.